The lowest BCUT2D eigenvalue weighted by atomic mass is 9.91. The molecule has 0 aliphatic heterocycles. The highest BCUT2D eigenvalue weighted by Gasteiger charge is 2.46. The van der Waals surface area contributed by atoms with E-state index in [9.17, 15) is 9.59 Å². The summed E-state index contributed by atoms with van der Waals surface area (Å²) in [6.07, 6.45) is 0.999. The minimum Gasteiger partial charge on any atom is -0.481 e. The van der Waals surface area contributed by atoms with Gasteiger partial charge in [0.15, 0.2) is 0 Å². The van der Waals surface area contributed by atoms with Gasteiger partial charge >= 0.3 is 12.1 Å². The number of amides is 1. The van der Waals surface area contributed by atoms with Crippen LogP contribution in [0.4, 0.5) is 4.79 Å². The molecule has 2 N–H and O–H groups in total. The summed E-state index contributed by atoms with van der Waals surface area (Å²) in [6, 6.07) is 9.32. The molecule has 1 aromatic carbocycles. The number of methoxy groups -OCH3 is 1. The molecule has 1 fully saturated rings. The minimum atomic E-state index is -0.965. The molecule has 120 valence electrons. The maximum Gasteiger partial charge on any atom is 0.408 e. The Bertz CT molecular complexity index is 519. The summed E-state index contributed by atoms with van der Waals surface area (Å²) >= 11 is 0. The number of alkyl carbamates (subject to hydrolysis) is 1. The van der Waals surface area contributed by atoms with Crippen molar-refractivity contribution >= 4 is 12.1 Å². The van der Waals surface area contributed by atoms with E-state index in [0.29, 0.717) is 6.42 Å². The van der Waals surface area contributed by atoms with E-state index >= 15 is 0 Å². The van der Waals surface area contributed by atoms with Gasteiger partial charge in [-0.25, -0.2) is 4.79 Å². The molecular formula is C16H21NO5. The van der Waals surface area contributed by atoms with Gasteiger partial charge in [-0.3, -0.25) is 4.79 Å². The lowest BCUT2D eigenvalue weighted by Crippen LogP contribution is -2.55. The molecule has 22 heavy (non-hydrogen) atoms. The van der Waals surface area contributed by atoms with Crippen molar-refractivity contribution in [2.75, 3.05) is 7.11 Å². The van der Waals surface area contributed by atoms with Gasteiger partial charge in [0, 0.05) is 7.11 Å². The standard InChI is InChI=1S/C16H21NO5/c1-21-13-8-5-9-16(13,10-14(18)19)17-15(20)22-11-12-6-3-2-4-7-12/h2-4,6-7,13H,5,8-11H2,1H3,(H,17,20)(H,18,19). The molecule has 6 nitrogen and oxygen atoms in total. The normalized spacial score (nSPS) is 24.0. The number of nitrogens with one attached hydrogen (secondary N) is 1. The number of hydrogen-bond acceptors (Lipinski definition) is 4. The van der Waals surface area contributed by atoms with Crippen LogP contribution in [0.5, 0.6) is 0 Å². The molecule has 6 heteroatoms. The molecule has 2 atom stereocenters. The van der Waals surface area contributed by atoms with Crippen molar-refractivity contribution in [3.05, 3.63) is 35.9 Å². The molecule has 1 aliphatic rings. The van der Waals surface area contributed by atoms with E-state index in [2.05, 4.69) is 5.32 Å². The number of ether oxygens (including phenoxy) is 2. The molecule has 2 unspecified atom stereocenters. The number of carboxylic acid groups (broad SMARTS) is 1. The fraction of sp³-hybridized carbons (Fsp3) is 0.500. The molecule has 0 spiro atoms. The Kier molecular flexibility index (Phi) is 5.38. The summed E-state index contributed by atoms with van der Waals surface area (Å²) in [5, 5.41) is 11.9. The zero-order valence-corrected chi connectivity index (χ0v) is 12.6. The smallest absolute Gasteiger partial charge is 0.408 e. The van der Waals surface area contributed by atoms with Crippen LogP contribution in [0.15, 0.2) is 30.3 Å². The quantitative estimate of drug-likeness (QED) is 0.842. The van der Waals surface area contributed by atoms with Crippen LogP contribution in [0.3, 0.4) is 0 Å². The third-order valence-corrected chi connectivity index (χ3v) is 4.02. The summed E-state index contributed by atoms with van der Waals surface area (Å²) < 4.78 is 10.5. The first-order chi connectivity index (χ1) is 10.6. The molecular weight excluding hydrogens is 286 g/mol. The molecule has 0 radical (unpaired) electrons. The van der Waals surface area contributed by atoms with Crippen LogP contribution in [-0.4, -0.2) is 35.9 Å². The van der Waals surface area contributed by atoms with Crippen LogP contribution < -0.4 is 5.32 Å². The zero-order chi connectivity index (χ0) is 16.0. The summed E-state index contributed by atoms with van der Waals surface area (Å²) in [4.78, 5) is 23.2. The number of rotatable bonds is 6. The summed E-state index contributed by atoms with van der Waals surface area (Å²) in [6.45, 7) is 0.146. The average Bonchev–Trinajstić information content (AvgIpc) is 2.87. The lowest BCUT2D eigenvalue weighted by Gasteiger charge is -2.33. The van der Waals surface area contributed by atoms with E-state index < -0.39 is 17.6 Å². The second kappa shape index (κ2) is 7.26. The van der Waals surface area contributed by atoms with E-state index in [4.69, 9.17) is 14.6 Å². The van der Waals surface area contributed by atoms with Gasteiger partial charge in [-0.05, 0) is 24.8 Å². The molecule has 2 rings (SSSR count). The number of carboxylic acids is 1. The maximum atomic E-state index is 12.0. The van der Waals surface area contributed by atoms with E-state index in [-0.39, 0.29) is 19.1 Å². The van der Waals surface area contributed by atoms with E-state index in [0.717, 1.165) is 18.4 Å². The first kappa shape index (κ1) is 16.3. The van der Waals surface area contributed by atoms with Crippen LogP contribution in [-0.2, 0) is 20.9 Å². The second-order valence-electron chi connectivity index (χ2n) is 5.53. The fourth-order valence-electron chi connectivity index (χ4n) is 3.01. The molecule has 1 amide bonds. The number of carbonyl (C=O) groups excluding carboxylic acids is 1. The van der Waals surface area contributed by atoms with Crippen molar-refractivity contribution in [3.8, 4) is 0 Å². The van der Waals surface area contributed by atoms with Crippen molar-refractivity contribution < 1.29 is 24.2 Å². The van der Waals surface area contributed by atoms with Crippen molar-refractivity contribution in [1.82, 2.24) is 5.32 Å². The predicted octanol–water partition coefficient (Wildman–Crippen LogP) is 2.33. The highest BCUT2D eigenvalue weighted by atomic mass is 16.5. The van der Waals surface area contributed by atoms with Crippen LogP contribution in [0.25, 0.3) is 0 Å². The topological polar surface area (TPSA) is 84.9 Å². The molecule has 0 bridgehead atoms. The third kappa shape index (κ3) is 3.98. The van der Waals surface area contributed by atoms with Gasteiger partial charge in [0.05, 0.1) is 18.1 Å². The Morgan fingerprint density at radius 3 is 2.73 bits per heavy atom. The fourth-order valence-corrected chi connectivity index (χ4v) is 3.01. The van der Waals surface area contributed by atoms with Crippen LogP contribution in [0, 0.1) is 0 Å². The summed E-state index contributed by atoms with van der Waals surface area (Å²) in [7, 11) is 1.53. The molecule has 1 aliphatic carbocycles. The average molecular weight is 307 g/mol. The van der Waals surface area contributed by atoms with Gasteiger partial charge in [0.2, 0.25) is 0 Å². The van der Waals surface area contributed by atoms with Crippen molar-refractivity contribution in [1.29, 1.82) is 0 Å². The van der Waals surface area contributed by atoms with Crippen LogP contribution in [0.1, 0.15) is 31.2 Å². The number of carbonyl (C=O) groups is 2. The van der Waals surface area contributed by atoms with E-state index in [1.165, 1.54) is 7.11 Å². The predicted molar refractivity (Wildman–Crippen MR) is 79.4 cm³/mol. The number of benzene rings is 1. The van der Waals surface area contributed by atoms with Gasteiger partial charge in [0.1, 0.15) is 6.61 Å². The number of aliphatic carboxylic acids is 1. The Hall–Kier alpha value is -2.08. The molecule has 0 saturated heterocycles. The highest BCUT2D eigenvalue weighted by molar-refractivity contribution is 5.73. The summed E-state index contributed by atoms with van der Waals surface area (Å²) in [5.74, 6) is -0.965. The van der Waals surface area contributed by atoms with Gasteiger partial charge in [-0.2, -0.15) is 0 Å². The molecule has 1 saturated carbocycles. The highest BCUT2D eigenvalue weighted by Crippen LogP contribution is 2.35. The first-order valence-electron chi connectivity index (χ1n) is 7.29. The van der Waals surface area contributed by atoms with Crippen LogP contribution >= 0.6 is 0 Å². The van der Waals surface area contributed by atoms with Crippen molar-refractivity contribution in [2.45, 2.75) is 43.9 Å². The largest absolute Gasteiger partial charge is 0.481 e. The maximum absolute atomic E-state index is 12.0. The summed E-state index contributed by atoms with van der Waals surface area (Å²) in [5.41, 5.74) is -0.0198. The van der Waals surface area contributed by atoms with Crippen molar-refractivity contribution in [2.24, 2.45) is 0 Å². The number of hydrogen-bond donors (Lipinski definition) is 2. The molecule has 0 aromatic heterocycles. The zero-order valence-electron chi connectivity index (χ0n) is 12.6. The van der Waals surface area contributed by atoms with Crippen molar-refractivity contribution in [3.63, 3.8) is 0 Å². The van der Waals surface area contributed by atoms with Gasteiger partial charge in [-0.15, -0.1) is 0 Å². The molecule has 0 heterocycles. The van der Waals surface area contributed by atoms with Crippen LogP contribution in [0.2, 0.25) is 0 Å². The van der Waals surface area contributed by atoms with Gasteiger partial charge in [0.25, 0.3) is 0 Å². The second-order valence-corrected chi connectivity index (χ2v) is 5.53. The Balaban J connectivity index is 1.98. The SMILES string of the molecule is COC1CCCC1(CC(=O)O)NC(=O)OCc1ccccc1. The van der Waals surface area contributed by atoms with E-state index in [1.807, 2.05) is 30.3 Å². The lowest BCUT2D eigenvalue weighted by molar-refractivity contribution is -0.140. The Labute approximate surface area is 129 Å². The Morgan fingerprint density at radius 1 is 1.36 bits per heavy atom. The first-order valence-corrected chi connectivity index (χ1v) is 7.29. The molecule has 1 aromatic rings. The Morgan fingerprint density at radius 2 is 2.09 bits per heavy atom. The minimum absolute atomic E-state index is 0.146. The third-order valence-electron chi connectivity index (χ3n) is 4.02. The van der Waals surface area contributed by atoms with E-state index in [1.54, 1.807) is 0 Å². The van der Waals surface area contributed by atoms with Gasteiger partial charge < -0.3 is 19.9 Å². The van der Waals surface area contributed by atoms with Gasteiger partial charge in [-0.1, -0.05) is 30.3 Å². The monoisotopic (exact) mass is 307 g/mol.